The molecule has 8 nitrogen and oxygen atoms in total. The topological polar surface area (TPSA) is 108 Å². The van der Waals surface area contributed by atoms with Gasteiger partial charge in [-0.1, -0.05) is 0 Å². The lowest BCUT2D eigenvalue weighted by Crippen LogP contribution is -2.54. The molecule has 3 amide bonds. The van der Waals surface area contributed by atoms with E-state index < -0.39 is 24.0 Å². The number of hydrogen-bond acceptors (Lipinski definition) is 4. The predicted molar refractivity (Wildman–Crippen MR) is 68.1 cm³/mol. The van der Waals surface area contributed by atoms with Crippen molar-refractivity contribution in [3.05, 3.63) is 0 Å². The van der Waals surface area contributed by atoms with Crippen LogP contribution >= 0.6 is 0 Å². The summed E-state index contributed by atoms with van der Waals surface area (Å²) in [5.74, 6) is -1.62. The molecular formula is C12H19N3O5. The highest BCUT2D eigenvalue weighted by Gasteiger charge is 2.35. The van der Waals surface area contributed by atoms with E-state index in [0.29, 0.717) is 19.4 Å². The molecule has 2 heterocycles. The van der Waals surface area contributed by atoms with Crippen LogP contribution < -0.4 is 10.6 Å². The number of nitrogens with one attached hydrogen (secondary N) is 2. The monoisotopic (exact) mass is 285 g/mol. The first-order valence-corrected chi connectivity index (χ1v) is 6.59. The second-order valence-electron chi connectivity index (χ2n) is 5.22. The van der Waals surface area contributed by atoms with Gasteiger partial charge in [-0.25, -0.2) is 4.79 Å². The maximum atomic E-state index is 11.8. The van der Waals surface area contributed by atoms with Crippen molar-refractivity contribution in [1.29, 1.82) is 0 Å². The highest BCUT2D eigenvalue weighted by Crippen LogP contribution is 2.14. The molecule has 2 fully saturated rings. The van der Waals surface area contributed by atoms with Gasteiger partial charge in [-0.05, 0) is 6.42 Å². The Balaban J connectivity index is 1.81. The molecule has 112 valence electrons. The molecule has 3 unspecified atom stereocenters. The zero-order valence-corrected chi connectivity index (χ0v) is 11.3. The van der Waals surface area contributed by atoms with E-state index in [1.807, 2.05) is 0 Å². The largest absolute Gasteiger partial charge is 0.481 e. The molecule has 0 bridgehead atoms. The van der Waals surface area contributed by atoms with Crippen molar-refractivity contribution in [2.24, 2.45) is 5.92 Å². The second-order valence-corrected chi connectivity index (χ2v) is 5.22. The summed E-state index contributed by atoms with van der Waals surface area (Å²) in [7, 11) is 1.69. The first kappa shape index (κ1) is 14.6. The van der Waals surface area contributed by atoms with Gasteiger partial charge in [0.2, 0.25) is 5.91 Å². The lowest BCUT2D eigenvalue weighted by molar-refractivity contribution is -0.142. The fourth-order valence-electron chi connectivity index (χ4n) is 2.47. The van der Waals surface area contributed by atoms with Crippen LogP contribution in [0.25, 0.3) is 0 Å². The number of nitrogens with zero attached hydrogens (tertiary/aromatic N) is 1. The summed E-state index contributed by atoms with van der Waals surface area (Å²) in [5.41, 5.74) is 0. The smallest absolute Gasteiger partial charge is 0.315 e. The fourth-order valence-corrected chi connectivity index (χ4v) is 2.47. The van der Waals surface area contributed by atoms with Crippen LogP contribution in [0.5, 0.6) is 0 Å². The fraction of sp³-hybridized carbons (Fsp3) is 0.750. The van der Waals surface area contributed by atoms with E-state index in [0.717, 1.165) is 0 Å². The van der Waals surface area contributed by atoms with Gasteiger partial charge in [0, 0.05) is 26.1 Å². The van der Waals surface area contributed by atoms with Gasteiger partial charge in [-0.2, -0.15) is 0 Å². The Bertz CT molecular complexity index is 414. The van der Waals surface area contributed by atoms with E-state index in [1.165, 1.54) is 0 Å². The summed E-state index contributed by atoms with van der Waals surface area (Å²) in [5, 5.41) is 14.4. The minimum atomic E-state index is -0.976. The third kappa shape index (κ3) is 3.38. The summed E-state index contributed by atoms with van der Waals surface area (Å²) in [6, 6.07) is -1.04. The van der Waals surface area contributed by atoms with Gasteiger partial charge in [-0.15, -0.1) is 0 Å². The molecule has 3 atom stereocenters. The van der Waals surface area contributed by atoms with E-state index in [4.69, 9.17) is 9.84 Å². The Hall–Kier alpha value is -1.83. The molecule has 2 rings (SSSR count). The van der Waals surface area contributed by atoms with Crippen LogP contribution in [0.1, 0.15) is 12.8 Å². The molecule has 2 aliphatic heterocycles. The molecule has 2 aliphatic rings. The van der Waals surface area contributed by atoms with Crippen LogP contribution in [0.2, 0.25) is 0 Å². The van der Waals surface area contributed by atoms with Gasteiger partial charge < -0.3 is 25.4 Å². The molecule has 0 aromatic carbocycles. The van der Waals surface area contributed by atoms with Crippen LogP contribution in [0.4, 0.5) is 4.79 Å². The Morgan fingerprint density at radius 1 is 1.35 bits per heavy atom. The molecule has 0 spiro atoms. The molecule has 0 aromatic rings. The first-order chi connectivity index (χ1) is 9.47. The zero-order valence-electron chi connectivity index (χ0n) is 11.3. The summed E-state index contributed by atoms with van der Waals surface area (Å²) in [6.45, 7) is 0.782. The number of carbonyl (C=O) groups is 3. The van der Waals surface area contributed by atoms with E-state index in [-0.39, 0.29) is 25.2 Å². The van der Waals surface area contributed by atoms with Gasteiger partial charge in [0.1, 0.15) is 5.92 Å². The molecule has 20 heavy (non-hydrogen) atoms. The zero-order chi connectivity index (χ0) is 14.7. The number of piperidine rings is 1. The van der Waals surface area contributed by atoms with Crippen molar-refractivity contribution >= 4 is 17.9 Å². The lowest BCUT2D eigenvalue weighted by atomic mass is 10.0. The number of carboxylic acid groups (broad SMARTS) is 1. The third-order valence-electron chi connectivity index (χ3n) is 3.68. The number of hydrogen-bond donors (Lipinski definition) is 3. The van der Waals surface area contributed by atoms with Gasteiger partial charge in [-0.3, -0.25) is 9.59 Å². The van der Waals surface area contributed by atoms with Crippen molar-refractivity contribution in [2.75, 3.05) is 26.8 Å². The molecule has 0 aliphatic carbocycles. The molecule has 0 radical (unpaired) electrons. The number of ether oxygens (including phenoxy) is 1. The minimum absolute atomic E-state index is 0.0681. The van der Waals surface area contributed by atoms with E-state index in [2.05, 4.69) is 10.6 Å². The number of rotatable bonds is 3. The summed E-state index contributed by atoms with van der Waals surface area (Å²) >= 11 is 0. The van der Waals surface area contributed by atoms with E-state index in [9.17, 15) is 14.4 Å². The Morgan fingerprint density at radius 2 is 2.10 bits per heavy atom. The Kier molecular flexibility index (Phi) is 4.43. The molecular weight excluding hydrogens is 266 g/mol. The number of carboxylic acids is 1. The van der Waals surface area contributed by atoms with Gasteiger partial charge in [0.15, 0.2) is 0 Å². The van der Waals surface area contributed by atoms with Crippen molar-refractivity contribution in [3.8, 4) is 0 Å². The number of likely N-dealkylation sites (N-methyl/N-ethyl adjacent to an activating group) is 1. The molecule has 0 saturated carbocycles. The van der Waals surface area contributed by atoms with Gasteiger partial charge >= 0.3 is 12.0 Å². The van der Waals surface area contributed by atoms with Crippen LogP contribution in [0.15, 0.2) is 0 Å². The summed E-state index contributed by atoms with van der Waals surface area (Å²) in [6.07, 6.45) is 1.01. The van der Waals surface area contributed by atoms with Crippen molar-refractivity contribution in [2.45, 2.75) is 24.9 Å². The van der Waals surface area contributed by atoms with E-state index in [1.54, 1.807) is 11.9 Å². The van der Waals surface area contributed by atoms with E-state index >= 15 is 0 Å². The highest BCUT2D eigenvalue weighted by molar-refractivity contribution is 5.79. The van der Waals surface area contributed by atoms with Gasteiger partial charge in [0.05, 0.1) is 19.3 Å². The average molecular weight is 285 g/mol. The molecule has 3 N–H and O–H groups in total. The standard InChI is InChI=1S/C12H19N3O5/c1-15-4-7(2-3-10(15)16)13-12(19)14-9-6-20-5-8(9)11(17)18/h7-9H,2-6H2,1H3,(H,17,18)(H2,13,14,19). The van der Waals surface area contributed by atoms with Crippen LogP contribution in [-0.4, -0.2) is 66.8 Å². The minimum Gasteiger partial charge on any atom is -0.481 e. The third-order valence-corrected chi connectivity index (χ3v) is 3.68. The summed E-state index contributed by atoms with van der Waals surface area (Å²) < 4.78 is 5.08. The van der Waals surface area contributed by atoms with Crippen LogP contribution in [-0.2, 0) is 14.3 Å². The maximum Gasteiger partial charge on any atom is 0.315 e. The summed E-state index contributed by atoms with van der Waals surface area (Å²) in [4.78, 5) is 35.7. The Morgan fingerprint density at radius 3 is 2.75 bits per heavy atom. The normalized spacial score (nSPS) is 30.1. The van der Waals surface area contributed by atoms with Gasteiger partial charge in [0.25, 0.3) is 0 Å². The van der Waals surface area contributed by atoms with Crippen molar-refractivity contribution in [1.82, 2.24) is 15.5 Å². The van der Waals surface area contributed by atoms with Crippen LogP contribution in [0.3, 0.4) is 0 Å². The number of urea groups is 1. The lowest BCUT2D eigenvalue weighted by Gasteiger charge is -2.30. The highest BCUT2D eigenvalue weighted by atomic mass is 16.5. The molecule has 8 heteroatoms. The van der Waals surface area contributed by atoms with Crippen molar-refractivity contribution < 1.29 is 24.2 Å². The molecule has 0 aromatic heterocycles. The number of amides is 3. The number of aliphatic carboxylic acids is 1. The number of carbonyl (C=O) groups excluding carboxylic acids is 2. The quantitative estimate of drug-likeness (QED) is 0.617. The maximum absolute atomic E-state index is 11.8. The number of likely N-dealkylation sites (tertiary alicyclic amines) is 1. The predicted octanol–water partition coefficient (Wildman–Crippen LogP) is -0.994. The van der Waals surface area contributed by atoms with Crippen molar-refractivity contribution in [3.63, 3.8) is 0 Å². The molecule has 2 saturated heterocycles. The second kappa shape index (κ2) is 6.08. The van der Waals surface area contributed by atoms with Crippen LogP contribution in [0, 0.1) is 5.92 Å². The first-order valence-electron chi connectivity index (χ1n) is 6.59. The SMILES string of the molecule is CN1CC(NC(=O)NC2COCC2C(=O)O)CCC1=O. The average Bonchev–Trinajstić information content (AvgIpc) is 2.82. The Labute approximate surface area is 116 Å².